The van der Waals surface area contributed by atoms with Gasteiger partial charge >= 0.3 is 6.09 Å². The highest BCUT2D eigenvalue weighted by atomic mass is 79.9. The highest BCUT2D eigenvalue weighted by Crippen LogP contribution is 2.43. The van der Waals surface area contributed by atoms with Gasteiger partial charge in [0.15, 0.2) is 0 Å². The van der Waals surface area contributed by atoms with Crippen LogP contribution in [0.15, 0.2) is 83.3 Å². The van der Waals surface area contributed by atoms with Crippen molar-refractivity contribution in [2.75, 3.05) is 0 Å². The fourth-order valence-electron chi connectivity index (χ4n) is 5.80. The molecule has 0 aliphatic heterocycles. The number of hydrogen-bond donors (Lipinski definition) is 0. The average Bonchev–Trinajstić information content (AvgIpc) is 3.48. The van der Waals surface area contributed by atoms with Crippen LogP contribution in [0.1, 0.15) is 73.4 Å². The van der Waals surface area contributed by atoms with Gasteiger partial charge in [0.25, 0.3) is 0 Å². The molecule has 0 N–H and O–H groups in total. The van der Waals surface area contributed by atoms with Crippen LogP contribution in [0.3, 0.4) is 0 Å². The zero-order valence-electron chi connectivity index (χ0n) is 27.0. The van der Waals surface area contributed by atoms with Gasteiger partial charge in [-0.2, -0.15) is 0 Å². The van der Waals surface area contributed by atoms with Crippen LogP contribution in [-0.4, -0.2) is 25.8 Å². The Balaban J connectivity index is 1.84. The van der Waals surface area contributed by atoms with Crippen molar-refractivity contribution in [2.24, 2.45) is 0 Å². The first-order chi connectivity index (χ1) is 20.5. The number of rotatable bonds is 2. The normalized spacial score (nSPS) is 12.9. The van der Waals surface area contributed by atoms with Gasteiger partial charge in [-0.25, -0.2) is 14.3 Å². The number of carbonyl (C=O) groups is 1. The molecule has 6 rings (SSSR count). The molecular formula is C38H40BrN3O2. The third-order valence-electron chi connectivity index (χ3n) is 8.06. The predicted molar refractivity (Wildman–Crippen MR) is 186 cm³/mol. The first kappa shape index (κ1) is 30.1. The van der Waals surface area contributed by atoms with Gasteiger partial charge in [-0.3, -0.25) is 4.57 Å². The van der Waals surface area contributed by atoms with Crippen LogP contribution >= 0.6 is 15.9 Å². The van der Waals surface area contributed by atoms with Gasteiger partial charge < -0.3 is 4.74 Å². The van der Waals surface area contributed by atoms with Crippen LogP contribution in [0.25, 0.3) is 49.9 Å². The standard InChI is InChI=1S/C38H40BrN3O2/c1-36(2,3)23-18-19-30-26(20-23)27-21-24(37(4,5)6)22-28(33(27)42(30)35(43)44-38(7,8)9)34-40-32-29(39)16-13-17-31(32)41(34)25-14-11-10-12-15-25/h10-22H,1-9H3. The summed E-state index contributed by atoms with van der Waals surface area (Å²) in [7, 11) is 0. The monoisotopic (exact) mass is 649 g/mol. The Morgan fingerprint density at radius 2 is 1.39 bits per heavy atom. The van der Waals surface area contributed by atoms with Crippen molar-refractivity contribution in [3.8, 4) is 17.1 Å². The molecule has 0 spiro atoms. The molecule has 5 nitrogen and oxygen atoms in total. The summed E-state index contributed by atoms with van der Waals surface area (Å²) in [6, 6.07) is 27.3. The van der Waals surface area contributed by atoms with E-state index < -0.39 is 11.7 Å². The molecule has 0 radical (unpaired) electrons. The molecule has 6 aromatic rings. The summed E-state index contributed by atoms with van der Waals surface area (Å²) in [5.41, 5.74) is 6.79. The molecule has 226 valence electrons. The number of benzene rings is 4. The second-order valence-electron chi connectivity index (χ2n) is 14.7. The van der Waals surface area contributed by atoms with E-state index in [1.807, 2.05) is 51.1 Å². The summed E-state index contributed by atoms with van der Waals surface area (Å²) in [4.78, 5) is 19.5. The molecule has 0 unspecified atom stereocenters. The van der Waals surface area contributed by atoms with Gasteiger partial charge in [0.05, 0.1) is 16.6 Å². The molecule has 6 heteroatoms. The van der Waals surface area contributed by atoms with E-state index in [2.05, 4.69) is 111 Å². The lowest BCUT2D eigenvalue weighted by Gasteiger charge is -2.23. The summed E-state index contributed by atoms with van der Waals surface area (Å²) in [6.45, 7) is 19.0. The Kier molecular flexibility index (Phi) is 7.08. The number of ether oxygens (including phenoxy) is 1. The van der Waals surface area contributed by atoms with Crippen LogP contribution < -0.4 is 0 Å². The number of carbonyl (C=O) groups excluding carboxylic acids is 1. The largest absolute Gasteiger partial charge is 0.443 e. The number of nitrogens with zero attached hydrogens (tertiary/aromatic N) is 3. The highest BCUT2D eigenvalue weighted by molar-refractivity contribution is 9.10. The first-order valence-corrected chi connectivity index (χ1v) is 15.9. The van der Waals surface area contributed by atoms with Crippen LogP contribution in [0.2, 0.25) is 0 Å². The van der Waals surface area contributed by atoms with Crippen molar-refractivity contribution in [1.29, 1.82) is 0 Å². The third-order valence-corrected chi connectivity index (χ3v) is 8.70. The van der Waals surface area contributed by atoms with E-state index in [9.17, 15) is 4.79 Å². The van der Waals surface area contributed by atoms with Gasteiger partial charge in [0.2, 0.25) is 0 Å². The summed E-state index contributed by atoms with van der Waals surface area (Å²) in [6.07, 6.45) is -0.408. The second-order valence-corrected chi connectivity index (χ2v) is 15.5. The number of halogens is 1. The maximum atomic E-state index is 14.2. The highest BCUT2D eigenvalue weighted by Gasteiger charge is 2.29. The summed E-state index contributed by atoms with van der Waals surface area (Å²) >= 11 is 3.76. The number of imidazole rings is 1. The lowest BCUT2D eigenvalue weighted by Crippen LogP contribution is -2.27. The number of para-hydroxylation sites is 2. The van der Waals surface area contributed by atoms with Crippen molar-refractivity contribution in [3.63, 3.8) is 0 Å². The molecule has 2 heterocycles. The number of fused-ring (bicyclic) bond motifs is 4. The van der Waals surface area contributed by atoms with E-state index in [4.69, 9.17) is 9.72 Å². The van der Waals surface area contributed by atoms with E-state index in [0.29, 0.717) is 0 Å². The van der Waals surface area contributed by atoms with Crippen molar-refractivity contribution < 1.29 is 9.53 Å². The summed E-state index contributed by atoms with van der Waals surface area (Å²) in [5, 5.41) is 2.03. The molecule has 0 fully saturated rings. The molecule has 0 atom stereocenters. The fraction of sp³-hybridized carbons (Fsp3) is 0.316. The average molecular weight is 651 g/mol. The smallest absolute Gasteiger partial charge is 0.419 e. The van der Waals surface area contributed by atoms with Crippen LogP contribution in [0.4, 0.5) is 4.79 Å². The van der Waals surface area contributed by atoms with Gasteiger partial charge in [-0.1, -0.05) is 71.9 Å². The summed E-state index contributed by atoms with van der Waals surface area (Å²) < 4.78 is 10.9. The number of hydrogen-bond acceptors (Lipinski definition) is 3. The minimum atomic E-state index is -0.668. The SMILES string of the molecule is CC(C)(C)OC(=O)n1c2ccc(C(C)(C)C)cc2c2cc(C(C)(C)C)cc(-c3nc4c(Br)cccc4n3-c3ccccc3)c21. The van der Waals surface area contributed by atoms with Crippen molar-refractivity contribution in [3.05, 3.63) is 94.5 Å². The maximum absolute atomic E-state index is 14.2. The van der Waals surface area contributed by atoms with Gasteiger partial charge in [0, 0.05) is 26.5 Å². The van der Waals surface area contributed by atoms with Crippen molar-refractivity contribution in [2.45, 2.75) is 78.7 Å². The van der Waals surface area contributed by atoms with Crippen LogP contribution in [0.5, 0.6) is 0 Å². The molecule has 0 aliphatic carbocycles. The Morgan fingerprint density at radius 1 is 0.727 bits per heavy atom. The van der Waals surface area contributed by atoms with E-state index in [-0.39, 0.29) is 10.8 Å². The Hall–Kier alpha value is -3.90. The molecule has 0 saturated heterocycles. The number of aromatic nitrogens is 3. The second kappa shape index (κ2) is 10.3. The molecule has 2 aromatic heterocycles. The lowest BCUT2D eigenvalue weighted by molar-refractivity contribution is 0.0551. The zero-order chi connectivity index (χ0) is 31.8. The quantitative estimate of drug-likeness (QED) is 0.187. The van der Waals surface area contributed by atoms with E-state index in [1.54, 1.807) is 4.57 Å². The third kappa shape index (κ3) is 5.23. The Morgan fingerprint density at radius 3 is 2.02 bits per heavy atom. The molecule has 0 saturated carbocycles. The first-order valence-electron chi connectivity index (χ1n) is 15.1. The summed E-state index contributed by atoms with van der Waals surface area (Å²) in [5.74, 6) is 0.762. The lowest BCUT2D eigenvalue weighted by atomic mass is 9.84. The zero-order valence-corrected chi connectivity index (χ0v) is 28.6. The Labute approximate surface area is 268 Å². The molecule has 0 aliphatic rings. The van der Waals surface area contributed by atoms with Crippen molar-refractivity contribution in [1.82, 2.24) is 14.1 Å². The molecule has 0 bridgehead atoms. The van der Waals surface area contributed by atoms with Crippen LogP contribution in [0, 0.1) is 0 Å². The van der Waals surface area contributed by atoms with Gasteiger partial charge in [-0.05, 0) is 107 Å². The van der Waals surface area contributed by atoms with E-state index >= 15 is 0 Å². The minimum Gasteiger partial charge on any atom is -0.443 e. The van der Waals surface area contributed by atoms with Crippen molar-refractivity contribution >= 4 is 54.9 Å². The van der Waals surface area contributed by atoms with Gasteiger partial charge in [0.1, 0.15) is 16.9 Å². The van der Waals surface area contributed by atoms with E-state index in [0.717, 1.165) is 60.0 Å². The fourth-order valence-corrected chi connectivity index (χ4v) is 6.24. The minimum absolute atomic E-state index is 0.0629. The Bertz CT molecular complexity index is 2060. The van der Waals surface area contributed by atoms with Crippen LogP contribution in [-0.2, 0) is 15.6 Å². The molecular weight excluding hydrogens is 610 g/mol. The predicted octanol–water partition coefficient (Wildman–Crippen LogP) is 10.9. The molecule has 44 heavy (non-hydrogen) atoms. The molecule has 0 amide bonds. The van der Waals surface area contributed by atoms with Gasteiger partial charge in [-0.15, -0.1) is 0 Å². The molecule has 4 aromatic carbocycles. The van der Waals surface area contributed by atoms with E-state index in [1.165, 1.54) is 5.56 Å². The topological polar surface area (TPSA) is 49.1 Å². The maximum Gasteiger partial charge on any atom is 0.419 e.